The van der Waals surface area contributed by atoms with Gasteiger partial charge in [-0.25, -0.2) is 0 Å². The van der Waals surface area contributed by atoms with Crippen LogP contribution in [0, 0.1) is 11.8 Å². The summed E-state index contributed by atoms with van der Waals surface area (Å²) in [6.07, 6.45) is 5.56. The summed E-state index contributed by atoms with van der Waals surface area (Å²) < 4.78 is 0.907. The van der Waals surface area contributed by atoms with Gasteiger partial charge in [0, 0.05) is 104 Å². The third-order valence-electron chi connectivity index (χ3n) is 15.2. The predicted octanol–water partition coefficient (Wildman–Crippen LogP) is 3.53. The molecule has 0 radical (unpaired) electrons. The normalized spacial score (nSPS) is 25.9. The Morgan fingerprint density at radius 1 is 0.514 bits per heavy atom. The van der Waals surface area contributed by atoms with Crippen LogP contribution in [0.25, 0.3) is 0 Å². The van der Waals surface area contributed by atoms with E-state index in [4.69, 9.17) is 5.73 Å². The highest BCUT2D eigenvalue weighted by Crippen LogP contribution is 2.34. The Morgan fingerprint density at radius 3 is 1.28 bits per heavy atom. The van der Waals surface area contributed by atoms with E-state index >= 15 is 0 Å². The first-order valence-electron chi connectivity index (χ1n) is 25.5. The van der Waals surface area contributed by atoms with E-state index in [1.165, 1.54) is 25.9 Å². The number of nitrogens with zero attached hydrogens (tertiary/aromatic N) is 5. The largest absolute Gasteiger partial charge is 0.371 e. The molecule has 74 heavy (non-hydrogen) atoms. The van der Waals surface area contributed by atoms with Crippen LogP contribution < -0.4 is 36.8 Å². The molecule has 394 valence electrons. The van der Waals surface area contributed by atoms with Crippen molar-refractivity contribution in [3.63, 3.8) is 0 Å². The minimum absolute atomic E-state index is 0. The molecule has 0 aromatic heterocycles. The molecule has 6 N–H and O–H groups in total. The minimum Gasteiger partial charge on any atom is -0.371 e. The average Bonchev–Trinajstić information content (AvgIpc) is 4.24. The Bertz CT molecular complexity index is 2630. The van der Waals surface area contributed by atoms with Gasteiger partial charge in [0.2, 0.25) is 35.4 Å². The second-order valence-corrected chi connectivity index (χ2v) is 21.5. The van der Waals surface area contributed by atoms with Crippen molar-refractivity contribution in [1.82, 2.24) is 36.0 Å². The summed E-state index contributed by atoms with van der Waals surface area (Å²) in [6.45, 7) is 12.1. The maximum absolute atomic E-state index is 12.7. The van der Waals surface area contributed by atoms with Crippen molar-refractivity contribution in [3.05, 3.63) is 92.5 Å². The Kier molecular flexibility index (Phi) is 16.9. The minimum atomic E-state index is -0.564. The van der Waals surface area contributed by atoms with Crippen LogP contribution in [-0.4, -0.2) is 131 Å². The van der Waals surface area contributed by atoms with Gasteiger partial charge in [-0.15, -0.1) is 12.4 Å². The third-order valence-corrected chi connectivity index (χ3v) is 15.7. The highest BCUT2D eigenvalue weighted by Gasteiger charge is 2.42. The molecule has 0 bridgehead atoms. The molecular formula is C53H64BrClN10O9. The first kappa shape index (κ1) is 54.1. The molecule has 0 spiro atoms. The molecule has 6 saturated heterocycles. The van der Waals surface area contributed by atoms with Crippen LogP contribution in [0.4, 0.5) is 11.4 Å². The zero-order chi connectivity index (χ0) is 51.7. The number of nitrogens with one attached hydrogen (secondary N) is 4. The number of carbonyl (C=O) groups excluding carboxylic acids is 9. The molecule has 6 atom stereocenters. The Labute approximate surface area is 444 Å². The van der Waals surface area contributed by atoms with Crippen molar-refractivity contribution in [2.75, 3.05) is 49.1 Å². The number of imide groups is 3. The van der Waals surface area contributed by atoms with Crippen LogP contribution in [0.3, 0.4) is 0 Å². The van der Waals surface area contributed by atoms with Gasteiger partial charge in [0.25, 0.3) is 17.7 Å². The number of fused-ring (bicyclic) bond motifs is 3. The van der Waals surface area contributed by atoms with Crippen LogP contribution in [0.5, 0.6) is 0 Å². The van der Waals surface area contributed by atoms with E-state index in [0.29, 0.717) is 61.5 Å². The average molecular weight is 1100 g/mol. The van der Waals surface area contributed by atoms with Crippen LogP contribution in [0.2, 0.25) is 0 Å². The van der Waals surface area contributed by atoms with Crippen molar-refractivity contribution >= 4 is 92.9 Å². The number of hydrogen-bond donors (Lipinski definition) is 5. The summed E-state index contributed by atoms with van der Waals surface area (Å²) in [5.74, 6) is -0.672. The van der Waals surface area contributed by atoms with Gasteiger partial charge in [-0.1, -0.05) is 29.8 Å². The second-order valence-electron chi connectivity index (χ2n) is 20.6. The number of piperidine rings is 3. The summed E-state index contributed by atoms with van der Waals surface area (Å²) in [5.41, 5.74) is 13.0. The monoisotopic (exact) mass is 1100 g/mol. The molecule has 3 unspecified atom stereocenters. The number of rotatable bonds is 5. The Balaban J connectivity index is 0.000000140. The standard InChI is InChI=1S/C18H21N3O3.C17H20N4O3.C13H11BrN2O3.C5H11N.ClH/c1-11-6-7-20(9-11)13-2-3-14-12(8-13)10-21(18(14)24)15-4-5-16(22)19-17(15)23;18-11-5-6-20(9-11)12-1-2-13-10(7-12)8-21(17(13)24)14-3-4-15(22)19-16(14)23;14-8-1-2-9-7(5-8)6-16(13(9)19)10-3-4-11(17)15-12(10)18;1-5-2-3-6-4-5;/h2-3,8,11,15H,4-7,9-10H2,1H3,(H,19,22,23);1-2,7,11,14H,3-6,8-9,18H2,(H,19,22,23);1-2,5,10H,3-4,6H2,(H,15,17,18);5-6H,2-4H2,1H3;1H/t11-,15?;11-,14?;;5-;/m11.1./s1. The Morgan fingerprint density at radius 2 is 0.932 bits per heavy atom. The zero-order valence-corrected chi connectivity index (χ0v) is 44.1. The molecule has 21 heteroatoms. The summed E-state index contributed by atoms with van der Waals surface area (Å²) in [6, 6.07) is 15.8. The van der Waals surface area contributed by atoms with E-state index in [1.54, 1.807) is 20.8 Å². The smallest absolute Gasteiger partial charge is 0.255 e. The van der Waals surface area contributed by atoms with Gasteiger partial charge >= 0.3 is 0 Å². The van der Waals surface area contributed by atoms with E-state index in [0.717, 1.165) is 71.1 Å². The number of carbonyl (C=O) groups is 9. The van der Waals surface area contributed by atoms with Crippen molar-refractivity contribution in [2.24, 2.45) is 17.6 Å². The lowest BCUT2D eigenvalue weighted by Crippen LogP contribution is -2.52. The Hall–Kier alpha value is -6.22. The fraction of sp³-hybridized carbons (Fsp3) is 0.491. The highest BCUT2D eigenvalue weighted by atomic mass is 79.9. The SMILES string of the molecule is C[C@@H]1CCN(c2ccc3c(c2)CN(C2CCC(=O)NC2=O)C3=O)C1.C[C@@H]1CCNC1.Cl.N[C@@H]1CCN(c2ccc3c(c2)CN(C2CCC(=O)NC2=O)C3=O)C1.O=C1CCC(N2Cc3cc(Br)ccc3C2=O)C(=O)N1. The first-order valence-corrected chi connectivity index (χ1v) is 26.2. The molecule has 9 aliphatic rings. The molecule has 0 saturated carbocycles. The molecule has 9 amide bonds. The van der Waals surface area contributed by atoms with E-state index in [2.05, 4.69) is 66.9 Å². The topological polar surface area (TPSA) is 244 Å². The fourth-order valence-corrected chi connectivity index (χ4v) is 11.5. The first-order chi connectivity index (χ1) is 35.0. The van der Waals surface area contributed by atoms with E-state index < -0.39 is 18.1 Å². The molecule has 0 aliphatic carbocycles. The lowest BCUT2D eigenvalue weighted by molar-refractivity contribution is -0.138. The second kappa shape index (κ2) is 23.1. The quantitative estimate of drug-likeness (QED) is 0.230. The maximum Gasteiger partial charge on any atom is 0.255 e. The zero-order valence-electron chi connectivity index (χ0n) is 41.7. The number of benzene rings is 3. The predicted molar refractivity (Wildman–Crippen MR) is 280 cm³/mol. The molecule has 9 heterocycles. The van der Waals surface area contributed by atoms with E-state index in [1.807, 2.05) is 42.5 Å². The van der Waals surface area contributed by atoms with Gasteiger partial charge in [0.1, 0.15) is 18.1 Å². The number of halogens is 2. The molecule has 6 fully saturated rings. The molecule has 9 aliphatic heterocycles. The number of nitrogens with two attached hydrogens (primary N) is 1. The van der Waals surface area contributed by atoms with Crippen molar-refractivity contribution in [2.45, 2.75) is 115 Å². The lowest BCUT2D eigenvalue weighted by Gasteiger charge is -2.29. The van der Waals surface area contributed by atoms with E-state index in [9.17, 15) is 43.2 Å². The molecule has 12 rings (SSSR count). The van der Waals surface area contributed by atoms with Gasteiger partial charge in [-0.05, 0) is 135 Å². The van der Waals surface area contributed by atoms with E-state index in [-0.39, 0.29) is 90.9 Å². The molecule has 3 aromatic carbocycles. The van der Waals surface area contributed by atoms with Gasteiger partial charge < -0.3 is 35.6 Å². The van der Waals surface area contributed by atoms with Crippen molar-refractivity contribution in [1.29, 1.82) is 0 Å². The lowest BCUT2D eigenvalue weighted by atomic mass is 10.0. The van der Waals surface area contributed by atoms with Crippen LogP contribution >= 0.6 is 28.3 Å². The van der Waals surface area contributed by atoms with Crippen molar-refractivity contribution < 1.29 is 43.2 Å². The third kappa shape index (κ3) is 11.8. The van der Waals surface area contributed by atoms with Crippen LogP contribution in [0.15, 0.2) is 59.1 Å². The van der Waals surface area contributed by atoms with Gasteiger partial charge in [0.15, 0.2) is 0 Å². The van der Waals surface area contributed by atoms with Gasteiger partial charge in [0.05, 0.1) is 0 Å². The highest BCUT2D eigenvalue weighted by molar-refractivity contribution is 9.10. The molecule has 19 nitrogen and oxygen atoms in total. The summed E-state index contributed by atoms with van der Waals surface area (Å²) in [4.78, 5) is 117. The fourth-order valence-electron chi connectivity index (χ4n) is 11.0. The molecule has 3 aromatic rings. The summed E-state index contributed by atoms with van der Waals surface area (Å²) in [5, 5.41) is 10.2. The van der Waals surface area contributed by atoms with Gasteiger partial charge in [-0.2, -0.15) is 0 Å². The van der Waals surface area contributed by atoms with Crippen molar-refractivity contribution in [3.8, 4) is 0 Å². The van der Waals surface area contributed by atoms with Crippen LogP contribution in [-0.2, 0) is 48.4 Å². The van der Waals surface area contributed by atoms with Crippen LogP contribution in [0.1, 0.15) is 119 Å². The maximum atomic E-state index is 12.7. The summed E-state index contributed by atoms with van der Waals surface area (Å²) >= 11 is 3.37. The molecular weight excluding hydrogens is 1040 g/mol. The number of hydrogen-bond acceptors (Lipinski definition) is 13. The number of amides is 9. The summed E-state index contributed by atoms with van der Waals surface area (Å²) in [7, 11) is 0. The van der Waals surface area contributed by atoms with Gasteiger partial charge in [-0.3, -0.25) is 59.1 Å². The number of anilines is 2.